The zero-order chi connectivity index (χ0) is 12.5. The molecular formula is C14H23N3O. The summed E-state index contributed by atoms with van der Waals surface area (Å²) in [5, 5.41) is 9.41. The van der Waals surface area contributed by atoms with E-state index in [4.69, 9.17) is 4.98 Å². The van der Waals surface area contributed by atoms with Crippen LogP contribution in [0.4, 0.5) is 0 Å². The molecule has 100 valence electrons. The summed E-state index contributed by atoms with van der Waals surface area (Å²) in [6.07, 6.45) is 8.13. The van der Waals surface area contributed by atoms with Crippen molar-refractivity contribution in [2.24, 2.45) is 0 Å². The highest BCUT2D eigenvalue weighted by molar-refractivity contribution is 5.12. The van der Waals surface area contributed by atoms with Gasteiger partial charge in [0.25, 0.3) is 0 Å². The molecule has 1 fully saturated rings. The van der Waals surface area contributed by atoms with E-state index in [1.807, 2.05) is 0 Å². The smallest absolute Gasteiger partial charge is 0.114 e. The first-order valence-electron chi connectivity index (χ1n) is 7.15. The first-order valence-corrected chi connectivity index (χ1v) is 7.15. The number of likely N-dealkylation sites (tertiary alicyclic amines) is 1. The average molecular weight is 249 g/mol. The molecule has 2 atom stereocenters. The zero-order valence-corrected chi connectivity index (χ0v) is 11.2. The monoisotopic (exact) mass is 249 g/mol. The van der Waals surface area contributed by atoms with Crippen molar-refractivity contribution in [3.05, 3.63) is 17.7 Å². The molecule has 0 saturated carbocycles. The fraction of sp³-hybridized carbons (Fsp3) is 0.786. The molecule has 3 heterocycles. The van der Waals surface area contributed by atoms with E-state index in [0.29, 0.717) is 6.04 Å². The van der Waals surface area contributed by atoms with E-state index in [0.717, 1.165) is 31.6 Å². The van der Waals surface area contributed by atoms with Gasteiger partial charge in [0.15, 0.2) is 0 Å². The summed E-state index contributed by atoms with van der Waals surface area (Å²) in [5.74, 6) is 1.37. The number of nitrogens with zero attached hydrogens (tertiary/aromatic N) is 3. The van der Waals surface area contributed by atoms with E-state index in [9.17, 15) is 5.11 Å². The second kappa shape index (κ2) is 5.02. The SMILES string of the molecule is CN1CCCC1Cc1cn2c(n1)C(CO)CCC2. The molecule has 1 N–H and O–H groups in total. The number of hydrogen-bond donors (Lipinski definition) is 1. The highest BCUT2D eigenvalue weighted by atomic mass is 16.3. The summed E-state index contributed by atoms with van der Waals surface area (Å²) >= 11 is 0. The first kappa shape index (κ1) is 12.2. The van der Waals surface area contributed by atoms with Gasteiger partial charge in [-0.1, -0.05) is 0 Å². The maximum absolute atomic E-state index is 9.41. The van der Waals surface area contributed by atoms with E-state index in [-0.39, 0.29) is 12.5 Å². The minimum Gasteiger partial charge on any atom is -0.396 e. The Labute approximate surface area is 109 Å². The van der Waals surface area contributed by atoms with Crippen LogP contribution in [-0.4, -0.2) is 45.8 Å². The van der Waals surface area contributed by atoms with Crippen molar-refractivity contribution in [2.45, 2.75) is 50.6 Å². The van der Waals surface area contributed by atoms with Crippen LogP contribution in [0.15, 0.2) is 6.20 Å². The number of fused-ring (bicyclic) bond motifs is 1. The Morgan fingerprint density at radius 2 is 2.17 bits per heavy atom. The lowest BCUT2D eigenvalue weighted by molar-refractivity contribution is 0.238. The maximum atomic E-state index is 9.41. The van der Waals surface area contributed by atoms with Crippen LogP contribution in [0.5, 0.6) is 0 Å². The van der Waals surface area contributed by atoms with Crippen LogP contribution in [0.1, 0.15) is 43.1 Å². The third-order valence-corrected chi connectivity index (χ3v) is 4.51. The van der Waals surface area contributed by atoms with Gasteiger partial charge in [-0.15, -0.1) is 0 Å². The average Bonchev–Trinajstić information content (AvgIpc) is 2.95. The standard InChI is InChI=1S/C14H23N3O/c1-16-6-3-5-13(16)8-12-9-17-7-2-4-11(10-18)14(17)15-12/h9,11,13,18H,2-8,10H2,1H3. The first-order chi connectivity index (χ1) is 8.78. The number of rotatable bonds is 3. The Morgan fingerprint density at radius 1 is 1.33 bits per heavy atom. The van der Waals surface area contributed by atoms with Crippen LogP contribution in [0.2, 0.25) is 0 Å². The summed E-state index contributed by atoms with van der Waals surface area (Å²) in [6, 6.07) is 0.662. The molecule has 0 spiro atoms. The molecule has 0 aliphatic carbocycles. The summed E-state index contributed by atoms with van der Waals surface area (Å²) < 4.78 is 2.26. The van der Waals surface area contributed by atoms with E-state index >= 15 is 0 Å². The molecule has 0 bridgehead atoms. The molecule has 1 saturated heterocycles. The highest BCUT2D eigenvalue weighted by Gasteiger charge is 2.25. The van der Waals surface area contributed by atoms with Crippen LogP contribution in [0.3, 0.4) is 0 Å². The molecule has 2 aliphatic rings. The van der Waals surface area contributed by atoms with Gasteiger partial charge in [0, 0.05) is 31.1 Å². The number of likely N-dealkylation sites (N-methyl/N-ethyl adjacent to an activating group) is 1. The molecule has 1 aromatic rings. The molecule has 4 nitrogen and oxygen atoms in total. The molecule has 4 heteroatoms. The second-order valence-electron chi connectivity index (χ2n) is 5.79. The van der Waals surface area contributed by atoms with Crippen LogP contribution in [0, 0.1) is 0 Å². The van der Waals surface area contributed by atoms with Crippen LogP contribution >= 0.6 is 0 Å². The van der Waals surface area contributed by atoms with Gasteiger partial charge in [-0.05, 0) is 39.3 Å². The van der Waals surface area contributed by atoms with Gasteiger partial charge in [-0.25, -0.2) is 4.98 Å². The fourth-order valence-corrected chi connectivity index (χ4v) is 3.38. The lowest BCUT2D eigenvalue weighted by Crippen LogP contribution is -2.26. The van der Waals surface area contributed by atoms with Crippen LogP contribution in [0.25, 0.3) is 0 Å². The van der Waals surface area contributed by atoms with Gasteiger partial charge in [-0.3, -0.25) is 0 Å². The van der Waals surface area contributed by atoms with Crippen LogP contribution in [-0.2, 0) is 13.0 Å². The van der Waals surface area contributed by atoms with E-state index in [2.05, 4.69) is 22.7 Å². The van der Waals surface area contributed by atoms with Gasteiger partial charge in [-0.2, -0.15) is 0 Å². The lowest BCUT2D eigenvalue weighted by atomic mass is 10.0. The topological polar surface area (TPSA) is 41.3 Å². The Kier molecular flexibility index (Phi) is 3.39. The minimum atomic E-state index is 0.236. The number of hydrogen-bond acceptors (Lipinski definition) is 3. The molecular weight excluding hydrogens is 226 g/mol. The van der Waals surface area contributed by atoms with Crippen molar-refractivity contribution < 1.29 is 5.11 Å². The second-order valence-corrected chi connectivity index (χ2v) is 5.79. The molecule has 0 amide bonds. The van der Waals surface area contributed by atoms with Gasteiger partial charge in [0.2, 0.25) is 0 Å². The van der Waals surface area contributed by atoms with Crippen molar-refractivity contribution in [1.82, 2.24) is 14.5 Å². The van der Waals surface area contributed by atoms with E-state index in [1.165, 1.54) is 25.1 Å². The molecule has 1 aromatic heterocycles. The summed E-state index contributed by atoms with van der Waals surface area (Å²) in [6.45, 7) is 2.52. The lowest BCUT2D eigenvalue weighted by Gasteiger charge is -2.21. The van der Waals surface area contributed by atoms with E-state index in [1.54, 1.807) is 0 Å². The number of aryl methyl sites for hydroxylation is 1. The van der Waals surface area contributed by atoms with Crippen molar-refractivity contribution >= 4 is 0 Å². The third kappa shape index (κ3) is 2.19. The minimum absolute atomic E-state index is 0.236. The Hall–Kier alpha value is -0.870. The molecule has 0 radical (unpaired) electrons. The maximum Gasteiger partial charge on any atom is 0.114 e. The van der Waals surface area contributed by atoms with Crippen molar-refractivity contribution in [2.75, 3.05) is 20.2 Å². The predicted octanol–water partition coefficient (Wildman–Crippen LogP) is 1.39. The third-order valence-electron chi connectivity index (χ3n) is 4.51. The van der Waals surface area contributed by atoms with Gasteiger partial charge in [0.05, 0.1) is 12.3 Å². The van der Waals surface area contributed by atoms with Gasteiger partial charge < -0.3 is 14.6 Å². The number of aromatic nitrogens is 2. The Bertz CT molecular complexity index is 415. The Balaban J connectivity index is 1.76. The summed E-state index contributed by atoms with van der Waals surface area (Å²) in [7, 11) is 2.21. The Morgan fingerprint density at radius 3 is 2.89 bits per heavy atom. The fourth-order valence-electron chi connectivity index (χ4n) is 3.38. The van der Waals surface area contributed by atoms with Crippen LogP contribution < -0.4 is 0 Å². The summed E-state index contributed by atoms with van der Waals surface area (Å²) in [4.78, 5) is 7.22. The van der Waals surface area contributed by atoms with Crippen molar-refractivity contribution in [3.8, 4) is 0 Å². The number of aliphatic hydroxyl groups is 1. The molecule has 2 aliphatic heterocycles. The van der Waals surface area contributed by atoms with Gasteiger partial charge in [0.1, 0.15) is 5.82 Å². The van der Waals surface area contributed by atoms with E-state index < -0.39 is 0 Å². The zero-order valence-electron chi connectivity index (χ0n) is 11.2. The largest absolute Gasteiger partial charge is 0.396 e. The number of imidazole rings is 1. The van der Waals surface area contributed by atoms with Gasteiger partial charge >= 0.3 is 0 Å². The van der Waals surface area contributed by atoms with Crippen molar-refractivity contribution in [3.63, 3.8) is 0 Å². The molecule has 2 unspecified atom stereocenters. The molecule has 3 rings (SSSR count). The predicted molar refractivity (Wildman–Crippen MR) is 70.6 cm³/mol. The molecule has 0 aromatic carbocycles. The quantitative estimate of drug-likeness (QED) is 0.880. The summed E-state index contributed by atoms with van der Waals surface area (Å²) in [5.41, 5.74) is 1.21. The molecule has 18 heavy (non-hydrogen) atoms. The van der Waals surface area contributed by atoms with Crippen molar-refractivity contribution in [1.29, 1.82) is 0 Å². The normalized spacial score (nSPS) is 28.6. The number of aliphatic hydroxyl groups excluding tert-OH is 1. The highest BCUT2D eigenvalue weighted by Crippen LogP contribution is 2.27.